The summed E-state index contributed by atoms with van der Waals surface area (Å²) in [5, 5.41) is 9.37. The van der Waals surface area contributed by atoms with E-state index in [9.17, 15) is 4.79 Å². The van der Waals surface area contributed by atoms with Gasteiger partial charge in [-0.05, 0) is 36.4 Å². The van der Waals surface area contributed by atoms with Gasteiger partial charge in [-0.1, -0.05) is 42.1 Å². The summed E-state index contributed by atoms with van der Waals surface area (Å²) in [5.74, 6) is 1.62. The molecule has 4 aromatic rings. The number of rotatable bonds is 7. The molecule has 4 rings (SSSR count). The van der Waals surface area contributed by atoms with Gasteiger partial charge in [0.25, 0.3) is 0 Å². The lowest BCUT2D eigenvalue weighted by molar-refractivity contribution is -0.115. The highest BCUT2D eigenvalue weighted by Crippen LogP contribution is 2.27. The van der Waals surface area contributed by atoms with E-state index in [1.165, 1.54) is 11.8 Å². The van der Waals surface area contributed by atoms with Crippen molar-refractivity contribution in [1.29, 1.82) is 0 Å². The van der Waals surface area contributed by atoms with Crippen LogP contribution in [0.25, 0.3) is 11.4 Å². The molecule has 0 radical (unpaired) electrons. The van der Waals surface area contributed by atoms with Crippen LogP contribution in [-0.4, -0.2) is 45.4 Å². The molecule has 8 heteroatoms. The number of anilines is 1. The highest BCUT2D eigenvalue weighted by Gasteiger charge is 2.19. The Bertz CT molecular complexity index is 1130. The number of carbonyl (C=O) groups excluding carboxylic acids is 1. The van der Waals surface area contributed by atoms with Crippen molar-refractivity contribution in [2.24, 2.45) is 0 Å². The van der Waals surface area contributed by atoms with Crippen LogP contribution in [0.1, 0.15) is 0 Å². The molecule has 0 unspecified atom stereocenters. The van der Waals surface area contributed by atoms with E-state index < -0.39 is 0 Å². The number of ether oxygens (including phenoxy) is 1. The summed E-state index contributed by atoms with van der Waals surface area (Å²) in [6, 6.07) is 21.1. The molecule has 0 bridgehead atoms. The molecule has 0 atom stereocenters. The van der Waals surface area contributed by atoms with Gasteiger partial charge in [0.1, 0.15) is 5.75 Å². The van der Waals surface area contributed by atoms with E-state index in [0.29, 0.717) is 11.0 Å². The van der Waals surface area contributed by atoms with Gasteiger partial charge < -0.3 is 9.64 Å². The minimum absolute atomic E-state index is 0.0174. The first-order valence-corrected chi connectivity index (χ1v) is 10.3. The van der Waals surface area contributed by atoms with Crippen LogP contribution >= 0.6 is 11.8 Å². The molecular formula is C22H21N5O2S. The summed E-state index contributed by atoms with van der Waals surface area (Å²) >= 11 is 1.35. The monoisotopic (exact) mass is 419 g/mol. The lowest BCUT2D eigenvalue weighted by atomic mass is 10.2. The van der Waals surface area contributed by atoms with Crippen LogP contribution in [0, 0.1) is 0 Å². The first-order valence-electron chi connectivity index (χ1n) is 9.35. The van der Waals surface area contributed by atoms with Crippen molar-refractivity contribution in [1.82, 2.24) is 19.5 Å². The normalized spacial score (nSPS) is 10.7. The molecule has 0 aliphatic carbocycles. The molecule has 2 heterocycles. The number of hydrogen-bond donors (Lipinski definition) is 0. The third-order valence-electron chi connectivity index (χ3n) is 4.60. The molecule has 1 amide bonds. The van der Waals surface area contributed by atoms with Crippen molar-refractivity contribution in [3.63, 3.8) is 0 Å². The van der Waals surface area contributed by atoms with Gasteiger partial charge in [-0.3, -0.25) is 9.47 Å². The van der Waals surface area contributed by atoms with Gasteiger partial charge in [0.05, 0.1) is 12.9 Å². The lowest BCUT2D eigenvalue weighted by Crippen LogP contribution is -2.28. The van der Waals surface area contributed by atoms with E-state index >= 15 is 0 Å². The van der Waals surface area contributed by atoms with E-state index in [4.69, 9.17) is 4.74 Å². The van der Waals surface area contributed by atoms with Crippen molar-refractivity contribution in [2.45, 2.75) is 5.16 Å². The standard InChI is InChI=1S/C22H21N5O2S/c1-25(18-10-4-3-5-11-18)20(28)16-30-22-24-23-21(27(22)26-13-6-7-14-26)17-9-8-12-19(15-17)29-2/h3-15H,16H2,1-2H3. The highest BCUT2D eigenvalue weighted by atomic mass is 32.2. The summed E-state index contributed by atoms with van der Waals surface area (Å²) < 4.78 is 9.12. The summed E-state index contributed by atoms with van der Waals surface area (Å²) in [4.78, 5) is 14.3. The number of benzene rings is 2. The van der Waals surface area contributed by atoms with Crippen LogP contribution in [0.15, 0.2) is 84.3 Å². The third-order valence-corrected chi connectivity index (χ3v) is 5.51. The zero-order valence-electron chi connectivity index (χ0n) is 16.7. The van der Waals surface area contributed by atoms with Crippen molar-refractivity contribution in [2.75, 3.05) is 24.8 Å². The van der Waals surface area contributed by atoms with Crippen LogP contribution < -0.4 is 9.64 Å². The van der Waals surface area contributed by atoms with Crippen LogP contribution in [0.2, 0.25) is 0 Å². The van der Waals surface area contributed by atoms with E-state index in [-0.39, 0.29) is 11.7 Å². The largest absolute Gasteiger partial charge is 0.497 e. The Balaban J connectivity index is 1.61. The summed E-state index contributed by atoms with van der Waals surface area (Å²) in [5.41, 5.74) is 1.72. The molecule has 0 spiro atoms. The van der Waals surface area contributed by atoms with E-state index in [1.807, 2.05) is 88.5 Å². The average Bonchev–Trinajstić information content (AvgIpc) is 3.47. The Labute approximate surface area is 178 Å². The first kappa shape index (κ1) is 19.8. The zero-order valence-corrected chi connectivity index (χ0v) is 17.5. The van der Waals surface area contributed by atoms with Crippen molar-refractivity contribution >= 4 is 23.4 Å². The van der Waals surface area contributed by atoms with Crippen molar-refractivity contribution < 1.29 is 9.53 Å². The molecule has 2 aromatic heterocycles. The van der Waals surface area contributed by atoms with Crippen molar-refractivity contribution in [3.8, 4) is 17.1 Å². The number of carbonyl (C=O) groups is 1. The van der Waals surface area contributed by atoms with Crippen molar-refractivity contribution in [3.05, 3.63) is 79.1 Å². The second-order valence-corrected chi connectivity index (χ2v) is 7.43. The number of hydrogen-bond acceptors (Lipinski definition) is 5. The highest BCUT2D eigenvalue weighted by molar-refractivity contribution is 7.99. The Hall–Kier alpha value is -3.52. The maximum atomic E-state index is 12.7. The molecule has 0 aliphatic heterocycles. The molecule has 0 saturated heterocycles. The summed E-state index contributed by atoms with van der Waals surface area (Å²) in [6.07, 6.45) is 3.82. The lowest BCUT2D eigenvalue weighted by Gasteiger charge is -2.17. The number of methoxy groups -OCH3 is 1. The first-order chi connectivity index (χ1) is 14.7. The minimum Gasteiger partial charge on any atom is -0.497 e. The fourth-order valence-electron chi connectivity index (χ4n) is 2.98. The van der Waals surface area contributed by atoms with E-state index in [1.54, 1.807) is 19.1 Å². The smallest absolute Gasteiger partial charge is 0.237 e. The minimum atomic E-state index is -0.0174. The van der Waals surface area contributed by atoms with E-state index in [0.717, 1.165) is 17.0 Å². The van der Waals surface area contributed by atoms with Crippen LogP contribution in [0.4, 0.5) is 5.69 Å². The van der Waals surface area contributed by atoms with Crippen LogP contribution in [0.5, 0.6) is 5.75 Å². The Morgan fingerprint density at radius 3 is 2.53 bits per heavy atom. The zero-order chi connectivity index (χ0) is 20.9. The topological polar surface area (TPSA) is 65.2 Å². The maximum absolute atomic E-state index is 12.7. The average molecular weight is 420 g/mol. The molecule has 30 heavy (non-hydrogen) atoms. The van der Waals surface area contributed by atoms with Crippen LogP contribution in [0.3, 0.4) is 0 Å². The second kappa shape index (κ2) is 8.87. The molecule has 2 aromatic carbocycles. The third kappa shape index (κ3) is 4.08. The fourth-order valence-corrected chi connectivity index (χ4v) is 3.83. The number of amides is 1. The number of aromatic nitrogens is 4. The Kier molecular flexibility index (Phi) is 5.85. The van der Waals surface area contributed by atoms with Crippen LogP contribution in [-0.2, 0) is 4.79 Å². The summed E-state index contributed by atoms with van der Waals surface area (Å²) in [7, 11) is 3.41. The quantitative estimate of drug-likeness (QED) is 0.426. The van der Waals surface area contributed by atoms with Gasteiger partial charge >= 0.3 is 0 Å². The number of para-hydroxylation sites is 1. The molecular weight excluding hydrogens is 398 g/mol. The SMILES string of the molecule is COc1cccc(-c2nnc(SCC(=O)N(C)c3ccccc3)n2-n2cccc2)c1. The predicted octanol–water partition coefficient (Wildman–Crippen LogP) is 3.82. The molecule has 152 valence electrons. The van der Waals surface area contributed by atoms with E-state index in [2.05, 4.69) is 10.2 Å². The maximum Gasteiger partial charge on any atom is 0.237 e. The second-order valence-electron chi connectivity index (χ2n) is 6.49. The van der Waals surface area contributed by atoms with Gasteiger partial charge in [-0.25, -0.2) is 4.68 Å². The molecule has 0 aliphatic rings. The number of thioether (sulfide) groups is 1. The number of nitrogens with zero attached hydrogens (tertiary/aromatic N) is 5. The van der Waals surface area contributed by atoms with Gasteiger partial charge in [-0.15, -0.1) is 10.2 Å². The molecule has 0 N–H and O–H groups in total. The molecule has 0 fully saturated rings. The Morgan fingerprint density at radius 1 is 1.03 bits per heavy atom. The molecule has 7 nitrogen and oxygen atoms in total. The van der Waals surface area contributed by atoms with Gasteiger partial charge in [0, 0.05) is 30.7 Å². The van der Waals surface area contributed by atoms with Gasteiger partial charge in [-0.2, -0.15) is 0 Å². The van der Waals surface area contributed by atoms with Gasteiger partial charge in [0.15, 0.2) is 5.82 Å². The Morgan fingerprint density at radius 2 is 1.80 bits per heavy atom. The fraction of sp³-hybridized carbons (Fsp3) is 0.136. The predicted molar refractivity (Wildman–Crippen MR) is 118 cm³/mol. The summed E-state index contributed by atoms with van der Waals surface area (Å²) in [6.45, 7) is 0. The molecule has 0 saturated carbocycles. The van der Waals surface area contributed by atoms with Gasteiger partial charge in [0.2, 0.25) is 11.1 Å².